The minimum atomic E-state index is 0.642. The highest BCUT2D eigenvalue weighted by Crippen LogP contribution is 2.30. The molecule has 2 heterocycles. The van der Waals surface area contributed by atoms with Gasteiger partial charge in [0.1, 0.15) is 0 Å². The molecule has 2 fully saturated rings. The van der Waals surface area contributed by atoms with Crippen LogP contribution < -0.4 is 5.32 Å². The van der Waals surface area contributed by atoms with Crippen LogP contribution in [0.1, 0.15) is 31.2 Å². The van der Waals surface area contributed by atoms with E-state index in [-0.39, 0.29) is 0 Å². The van der Waals surface area contributed by atoms with Crippen LogP contribution in [0.2, 0.25) is 0 Å². The molecule has 0 aromatic heterocycles. The minimum Gasteiger partial charge on any atom is -0.381 e. The van der Waals surface area contributed by atoms with Gasteiger partial charge in [-0.25, -0.2) is 0 Å². The zero-order valence-electron chi connectivity index (χ0n) is 11.0. The number of hydrogen-bond donors (Lipinski definition) is 1. The maximum Gasteiger partial charge on any atom is 0.0486 e. The van der Waals surface area contributed by atoms with Gasteiger partial charge in [0.25, 0.3) is 0 Å². The van der Waals surface area contributed by atoms with Crippen LogP contribution in [0.25, 0.3) is 0 Å². The molecule has 0 amide bonds. The average Bonchev–Trinajstić information content (AvgIpc) is 2.80. The average molecular weight is 309 g/mol. The summed E-state index contributed by atoms with van der Waals surface area (Å²) < 4.78 is 1.19. The third-order valence-corrected chi connectivity index (χ3v) is 4.96. The Morgan fingerprint density at radius 1 is 1.28 bits per heavy atom. The summed E-state index contributed by atoms with van der Waals surface area (Å²) in [7, 11) is 0. The Morgan fingerprint density at radius 3 is 3.00 bits per heavy atom. The number of piperidine rings is 1. The van der Waals surface area contributed by atoms with Gasteiger partial charge in [-0.05, 0) is 72.8 Å². The third kappa shape index (κ3) is 2.57. The molecule has 2 aliphatic rings. The molecule has 3 rings (SSSR count). The van der Waals surface area contributed by atoms with Gasteiger partial charge in [-0.15, -0.1) is 0 Å². The van der Waals surface area contributed by atoms with Gasteiger partial charge in [-0.2, -0.15) is 0 Å². The van der Waals surface area contributed by atoms with Crippen LogP contribution in [0.3, 0.4) is 0 Å². The molecule has 1 N–H and O–H groups in total. The van der Waals surface area contributed by atoms with Crippen LogP contribution in [0.15, 0.2) is 22.7 Å². The molecule has 0 saturated carbocycles. The van der Waals surface area contributed by atoms with Gasteiger partial charge in [0.2, 0.25) is 0 Å². The van der Waals surface area contributed by atoms with Crippen molar-refractivity contribution in [1.29, 1.82) is 0 Å². The fourth-order valence-electron chi connectivity index (χ4n) is 3.31. The van der Waals surface area contributed by atoms with E-state index in [0.717, 1.165) is 6.04 Å². The highest BCUT2D eigenvalue weighted by atomic mass is 79.9. The number of anilines is 1. The quantitative estimate of drug-likeness (QED) is 0.894. The molecule has 0 aliphatic carbocycles. The molecular formula is C15H21BrN2. The van der Waals surface area contributed by atoms with E-state index in [9.17, 15) is 0 Å². The molecule has 0 bridgehead atoms. The first-order valence-corrected chi connectivity index (χ1v) is 7.78. The molecule has 2 nitrogen and oxygen atoms in total. The van der Waals surface area contributed by atoms with E-state index in [0.29, 0.717) is 6.04 Å². The van der Waals surface area contributed by atoms with Crippen LogP contribution in [-0.4, -0.2) is 30.1 Å². The Labute approximate surface area is 118 Å². The first kappa shape index (κ1) is 12.5. The first-order valence-electron chi connectivity index (χ1n) is 6.99. The molecule has 2 aliphatic heterocycles. The van der Waals surface area contributed by atoms with Crippen molar-refractivity contribution in [2.45, 2.75) is 44.7 Å². The van der Waals surface area contributed by atoms with E-state index in [1.807, 2.05) is 0 Å². The van der Waals surface area contributed by atoms with Gasteiger partial charge in [0.15, 0.2) is 0 Å². The van der Waals surface area contributed by atoms with Crippen molar-refractivity contribution in [3.63, 3.8) is 0 Å². The van der Waals surface area contributed by atoms with Crippen molar-refractivity contribution in [2.24, 2.45) is 0 Å². The Balaban J connectivity index is 1.66. The maximum atomic E-state index is 3.72. The smallest absolute Gasteiger partial charge is 0.0486 e. The second kappa shape index (κ2) is 5.22. The maximum absolute atomic E-state index is 3.72. The van der Waals surface area contributed by atoms with E-state index in [1.54, 1.807) is 0 Å². The van der Waals surface area contributed by atoms with Crippen LogP contribution in [0.5, 0.6) is 0 Å². The van der Waals surface area contributed by atoms with Gasteiger partial charge in [0, 0.05) is 28.8 Å². The van der Waals surface area contributed by atoms with E-state index >= 15 is 0 Å². The number of nitrogens with one attached hydrogen (secondary N) is 1. The van der Waals surface area contributed by atoms with Crippen molar-refractivity contribution in [3.05, 3.63) is 28.2 Å². The van der Waals surface area contributed by atoms with E-state index in [4.69, 9.17) is 0 Å². The lowest BCUT2D eigenvalue weighted by atomic mass is 9.97. The SMILES string of the molecule is Cc1ccc(NC2CCN3CCCC3C2)c(Br)c1. The van der Waals surface area contributed by atoms with E-state index in [1.165, 1.54) is 54.5 Å². The fourth-order valence-corrected chi connectivity index (χ4v) is 3.92. The Bertz CT molecular complexity index is 433. The third-order valence-electron chi connectivity index (χ3n) is 4.30. The number of aryl methyl sites for hydroxylation is 1. The van der Waals surface area contributed by atoms with Gasteiger partial charge in [0.05, 0.1) is 0 Å². The fraction of sp³-hybridized carbons (Fsp3) is 0.600. The summed E-state index contributed by atoms with van der Waals surface area (Å²) in [6.07, 6.45) is 5.37. The standard InChI is InChI=1S/C15H21BrN2/c1-11-4-5-15(14(16)9-11)17-12-6-8-18-7-2-3-13(18)10-12/h4-5,9,12-13,17H,2-3,6-8,10H2,1H3. The van der Waals surface area contributed by atoms with E-state index < -0.39 is 0 Å². The van der Waals surface area contributed by atoms with Gasteiger partial charge in [-0.3, -0.25) is 0 Å². The number of hydrogen-bond acceptors (Lipinski definition) is 2. The minimum absolute atomic E-state index is 0.642. The van der Waals surface area contributed by atoms with Gasteiger partial charge in [-0.1, -0.05) is 6.07 Å². The second-order valence-electron chi connectivity index (χ2n) is 5.68. The summed E-state index contributed by atoms with van der Waals surface area (Å²) in [4.78, 5) is 2.67. The zero-order valence-corrected chi connectivity index (χ0v) is 12.5. The molecule has 18 heavy (non-hydrogen) atoms. The summed E-state index contributed by atoms with van der Waals surface area (Å²) in [5, 5.41) is 3.72. The molecule has 2 atom stereocenters. The molecular weight excluding hydrogens is 288 g/mol. The number of fused-ring (bicyclic) bond motifs is 1. The molecule has 1 aromatic carbocycles. The van der Waals surface area contributed by atoms with Crippen molar-refractivity contribution in [3.8, 4) is 0 Å². The predicted molar refractivity (Wildman–Crippen MR) is 80.1 cm³/mol. The van der Waals surface area contributed by atoms with E-state index in [2.05, 4.69) is 51.3 Å². The second-order valence-corrected chi connectivity index (χ2v) is 6.54. The zero-order chi connectivity index (χ0) is 12.5. The normalized spacial score (nSPS) is 28.1. The molecule has 3 heteroatoms. The Hall–Kier alpha value is -0.540. The molecule has 0 spiro atoms. The molecule has 2 saturated heterocycles. The largest absolute Gasteiger partial charge is 0.381 e. The Kier molecular flexibility index (Phi) is 3.62. The van der Waals surface area contributed by atoms with Crippen molar-refractivity contribution in [2.75, 3.05) is 18.4 Å². The highest BCUT2D eigenvalue weighted by molar-refractivity contribution is 9.10. The number of nitrogens with zero attached hydrogens (tertiary/aromatic N) is 1. The van der Waals surface area contributed by atoms with Crippen molar-refractivity contribution in [1.82, 2.24) is 4.90 Å². The number of rotatable bonds is 2. The monoisotopic (exact) mass is 308 g/mol. The van der Waals surface area contributed by atoms with Crippen LogP contribution in [0, 0.1) is 6.92 Å². The summed E-state index contributed by atoms with van der Waals surface area (Å²) >= 11 is 3.66. The summed E-state index contributed by atoms with van der Waals surface area (Å²) in [6, 6.07) is 8.04. The summed E-state index contributed by atoms with van der Waals surface area (Å²) in [5.41, 5.74) is 2.55. The molecule has 2 unspecified atom stereocenters. The predicted octanol–water partition coefficient (Wildman–Crippen LogP) is 3.80. The van der Waals surface area contributed by atoms with Crippen molar-refractivity contribution >= 4 is 21.6 Å². The van der Waals surface area contributed by atoms with Crippen LogP contribution >= 0.6 is 15.9 Å². The number of halogens is 1. The molecule has 1 aromatic rings. The summed E-state index contributed by atoms with van der Waals surface area (Å²) in [6.45, 7) is 4.73. The van der Waals surface area contributed by atoms with Crippen LogP contribution in [0.4, 0.5) is 5.69 Å². The lowest BCUT2D eigenvalue weighted by Gasteiger charge is -2.35. The van der Waals surface area contributed by atoms with Gasteiger partial charge >= 0.3 is 0 Å². The summed E-state index contributed by atoms with van der Waals surface area (Å²) in [5.74, 6) is 0. The first-order chi connectivity index (χ1) is 8.72. The lowest BCUT2D eigenvalue weighted by Crippen LogP contribution is -2.42. The highest BCUT2D eigenvalue weighted by Gasteiger charge is 2.31. The molecule has 0 radical (unpaired) electrons. The van der Waals surface area contributed by atoms with Gasteiger partial charge < -0.3 is 10.2 Å². The molecule has 98 valence electrons. The van der Waals surface area contributed by atoms with Crippen molar-refractivity contribution < 1.29 is 0 Å². The number of benzene rings is 1. The van der Waals surface area contributed by atoms with Crippen LogP contribution in [-0.2, 0) is 0 Å². The topological polar surface area (TPSA) is 15.3 Å². The Morgan fingerprint density at radius 2 is 2.17 bits per heavy atom. The lowest BCUT2D eigenvalue weighted by molar-refractivity contribution is 0.188.